The van der Waals surface area contributed by atoms with E-state index in [1.54, 1.807) is 0 Å². The molecule has 32 heavy (non-hydrogen) atoms. The summed E-state index contributed by atoms with van der Waals surface area (Å²) < 4.78 is 1.97. The standard InChI is InChI=1S/C23H26N8O/c1-14-28-29-19-6-5-15(13-31(14)19)17-11-24-20-18(17)12-25-22(27-20)26-16-9-23(2,10-16)21(32)30-7-3-4-8-30/h5-6,11-13,16H,3-4,7-10H2,1-2H3,(H2,24,25,26,27)/t16-,23+. The largest absolute Gasteiger partial charge is 0.351 e. The van der Waals surface area contributed by atoms with Gasteiger partial charge in [0.05, 0.1) is 5.41 Å². The molecule has 9 nitrogen and oxygen atoms in total. The number of carbonyl (C=O) groups excluding carboxylic acids is 1. The second-order valence-electron chi connectivity index (χ2n) is 9.36. The first kappa shape index (κ1) is 19.2. The molecule has 6 rings (SSSR count). The van der Waals surface area contributed by atoms with Crippen molar-refractivity contribution in [2.24, 2.45) is 5.41 Å². The molecule has 9 heteroatoms. The molecule has 1 aliphatic heterocycles. The number of pyridine rings is 1. The number of nitrogens with zero attached hydrogens (tertiary/aromatic N) is 6. The lowest BCUT2D eigenvalue weighted by atomic mass is 9.66. The first-order valence-electron chi connectivity index (χ1n) is 11.2. The van der Waals surface area contributed by atoms with Crippen LogP contribution in [0.4, 0.5) is 5.95 Å². The van der Waals surface area contributed by atoms with Crippen molar-refractivity contribution in [1.82, 2.24) is 34.4 Å². The van der Waals surface area contributed by atoms with Gasteiger partial charge in [0.1, 0.15) is 11.5 Å². The van der Waals surface area contributed by atoms with Crippen LogP contribution in [-0.2, 0) is 4.79 Å². The van der Waals surface area contributed by atoms with Gasteiger partial charge < -0.3 is 15.2 Å². The molecule has 5 heterocycles. The molecule has 1 saturated heterocycles. The van der Waals surface area contributed by atoms with Crippen molar-refractivity contribution in [1.29, 1.82) is 0 Å². The molecule has 164 valence electrons. The first-order chi connectivity index (χ1) is 15.5. The van der Waals surface area contributed by atoms with E-state index in [1.165, 1.54) is 0 Å². The van der Waals surface area contributed by atoms with Gasteiger partial charge in [0.25, 0.3) is 0 Å². The Labute approximate surface area is 185 Å². The fraction of sp³-hybridized carbons (Fsp3) is 0.435. The molecular weight excluding hydrogens is 404 g/mol. The molecule has 1 aliphatic carbocycles. The molecule has 0 spiro atoms. The monoisotopic (exact) mass is 430 g/mol. The summed E-state index contributed by atoms with van der Waals surface area (Å²) in [4.78, 5) is 27.3. The van der Waals surface area contributed by atoms with Gasteiger partial charge in [0, 0.05) is 54.2 Å². The van der Waals surface area contributed by atoms with Crippen molar-refractivity contribution >= 4 is 28.5 Å². The van der Waals surface area contributed by atoms with Crippen LogP contribution in [0.15, 0.2) is 30.7 Å². The zero-order valence-corrected chi connectivity index (χ0v) is 18.3. The van der Waals surface area contributed by atoms with Gasteiger partial charge in [0.15, 0.2) is 5.65 Å². The number of likely N-dealkylation sites (tertiary alicyclic amines) is 1. The summed E-state index contributed by atoms with van der Waals surface area (Å²) in [5.41, 5.74) is 3.43. The molecule has 2 fully saturated rings. The third-order valence-electron chi connectivity index (χ3n) is 6.95. The molecule has 2 N–H and O–H groups in total. The molecule has 0 bridgehead atoms. The Bertz CT molecular complexity index is 1330. The van der Waals surface area contributed by atoms with Crippen molar-refractivity contribution in [3.05, 3.63) is 36.5 Å². The Morgan fingerprint density at radius 3 is 2.84 bits per heavy atom. The van der Waals surface area contributed by atoms with E-state index in [9.17, 15) is 4.79 Å². The third kappa shape index (κ3) is 3.03. The number of hydrogen-bond donors (Lipinski definition) is 2. The van der Waals surface area contributed by atoms with Gasteiger partial charge in [-0.05, 0) is 44.7 Å². The smallest absolute Gasteiger partial charge is 0.228 e. The summed E-state index contributed by atoms with van der Waals surface area (Å²) in [5.74, 6) is 1.75. The van der Waals surface area contributed by atoms with E-state index in [4.69, 9.17) is 0 Å². The lowest BCUT2D eigenvalue weighted by Crippen LogP contribution is -2.53. The predicted molar refractivity (Wildman–Crippen MR) is 121 cm³/mol. The van der Waals surface area contributed by atoms with Gasteiger partial charge in [0.2, 0.25) is 11.9 Å². The van der Waals surface area contributed by atoms with Crippen LogP contribution in [0, 0.1) is 12.3 Å². The fourth-order valence-corrected chi connectivity index (χ4v) is 5.17. The molecule has 4 aromatic heterocycles. The number of carbonyl (C=O) groups is 1. The van der Waals surface area contributed by atoms with Crippen LogP contribution in [0.2, 0.25) is 0 Å². The molecule has 0 radical (unpaired) electrons. The average molecular weight is 431 g/mol. The van der Waals surface area contributed by atoms with Crippen molar-refractivity contribution in [2.75, 3.05) is 18.4 Å². The number of aromatic amines is 1. The number of anilines is 1. The van der Waals surface area contributed by atoms with Gasteiger partial charge >= 0.3 is 0 Å². The number of aromatic nitrogens is 6. The number of hydrogen-bond acceptors (Lipinski definition) is 6. The summed E-state index contributed by atoms with van der Waals surface area (Å²) in [6, 6.07) is 4.21. The predicted octanol–water partition coefficient (Wildman–Crippen LogP) is 3.18. The van der Waals surface area contributed by atoms with E-state index in [1.807, 2.05) is 46.9 Å². The summed E-state index contributed by atoms with van der Waals surface area (Å²) in [7, 11) is 0. The SMILES string of the molecule is Cc1nnc2ccc(-c3c[nH]c4nc(N[C@H]5C[C@@](C)(C(=O)N6CCCC6)C5)ncc34)cn12. The Kier molecular flexibility index (Phi) is 4.21. The first-order valence-corrected chi connectivity index (χ1v) is 11.2. The highest BCUT2D eigenvalue weighted by Crippen LogP contribution is 2.44. The van der Waals surface area contributed by atoms with Gasteiger partial charge in [-0.1, -0.05) is 6.92 Å². The van der Waals surface area contributed by atoms with E-state index >= 15 is 0 Å². The third-order valence-corrected chi connectivity index (χ3v) is 6.95. The molecule has 0 aromatic carbocycles. The molecule has 4 aromatic rings. The van der Waals surface area contributed by atoms with Crippen molar-refractivity contribution in [3.63, 3.8) is 0 Å². The molecule has 0 unspecified atom stereocenters. The number of rotatable bonds is 4. The van der Waals surface area contributed by atoms with Crippen LogP contribution in [-0.4, -0.2) is 59.5 Å². The Morgan fingerprint density at radius 2 is 2.03 bits per heavy atom. The van der Waals surface area contributed by atoms with Crippen LogP contribution in [0.1, 0.15) is 38.4 Å². The highest BCUT2D eigenvalue weighted by atomic mass is 16.2. The Morgan fingerprint density at radius 1 is 1.22 bits per heavy atom. The summed E-state index contributed by atoms with van der Waals surface area (Å²) in [6.45, 7) is 5.84. The number of fused-ring (bicyclic) bond motifs is 2. The van der Waals surface area contributed by atoms with Crippen LogP contribution in [0.3, 0.4) is 0 Å². The normalized spacial score (nSPS) is 23.1. The average Bonchev–Trinajstić information content (AvgIpc) is 3.52. The zero-order chi connectivity index (χ0) is 21.9. The Hall–Kier alpha value is -3.49. The highest BCUT2D eigenvalue weighted by molar-refractivity contribution is 5.93. The second kappa shape index (κ2) is 7.01. The summed E-state index contributed by atoms with van der Waals surface area (Å²) in [5, 5.41) is 12.6. The summed E-state index contributed by atoms with van der Waals surface area (Å²) >= 11 is 0. The van der Waals surface area contributed by atoms with E-state index in [0.29, 0.717) is 11.9 Å². The second-order valence-corrected chi connectivity index (χ2v) is 9.36. The summed E-state index contributed by atoms with van der Waals surface area (Å²) in [6.07, 6.45) is 9.73. The quantitative estimate of drug-likeness (QED) is 0.515. The van der Waals surface area contributed by atoms with Crippen LogP contribution >= 0.6 is 0 Å². The van der Waals surface area contributed by atoms with Crippen LogP contribution < -0.4 is 5.32 Å². The number of nitrogens with one attached hydrogen (secondary N) is 2. The minimum Gasteiger partial charge on any atom is -0.351 e. The molecule has 0 atom stereocenters. The maximum Gasteiger partial charge on any atom is 0.228 e. The molecule has 1 saturated carbocycles. The maximum atomic E-state index is 12.8. The Balaban J connectivity index is 1.19. The molecule has 1 amide bonds. The topological polar surface area (TPSA) is 104 Å². The number of H-pyrrole nitrogens is 1. The van der Waals surface area contributed by atoms with E-state index in [-0.39, 0.29) is 11.5 Å². The van der Waals surface area contributed by atoms with Crippen LogP contribution in [0.25, 0.3) is 27.8 Å². The van der Waals surface area contributed by atoms with Gasteiger partial charge in [-0.3, -0.25) is 9.20 Å². The van der Waals surface area contributed by atoms with Crippen molar-refractivity contribution in [2.45, 2.75) is 45.6 Å². The van der Waals surface area contributed by atoms with Gasteiger partial charge in [-0.15, -0.1) is 10.2 Å². The van der Waals surface area contributed by atoms with Crippen molar-refractivity contribution < 1.29 is 4.79 Å². The van der Waals surface area contributed by atoms with Crippen molar-refractivity contribution in [3.8, 4) is 11.1 Å². The van der Waals surface area contributed by atoms with Gasteiger partial charge in [-0.25, -0.2) is 4.98 Å². The highest BCUT2D eigenvalue weighted by Gasteiger charge is 2.48. The lowest BCUT2D eigenvalue weighted by molar-refractivity contribution is -0.145. The minimum atomic E-state index is -0.259. The minimum absolute atomic E-state index is 0.220. The number of amides is 1. The molecule has 2 aliphatic rings. The van der Waals surface area contributed by atoms with E-state index < -0.39 is 0 Å². The molecular formula is C23H26N8O. The number of aryl methyl sites for hydroxylation is 1. The van der Waals surface area contributed by atoms with E-state index in [0.717, 1.165) is 72.4 Å². The van der Waals surface area contributed by atoms with E-state index in [2.05, 4.69) is 37.4 Å². The van der Waals surface area contributed by atoms with Crippen LogP contribution in [0.5, 0.6) is 0 Å². The lowest BCUT2D eigenvalue weighted by Gasteiger charge is -2.45. The van der Waals surface area contributed by atoms with Gasteiger partial charge in [-0.2, -0.15) is 4.98 Å². The fourth-order valence-electron chi connectivity index (χ4n) is 5.17. The maximum absolute atomic E-state index is 12.8. The zero-order valence-electron chi connectivity index (χ0n) is 18.3.